The number of aliphatic carboxylic acids is 1. The average molecular weight is 498 g/mol. The Kier molecular flexibility index (Phi) is 6.88. The second-order valence-corrected chi connectivity index (χ2v) is 10.4. The van der Waals surface area contributed by atoms with Gasteiger partial charge >= 0.3 is 12.1 Å². The summed E-state index contributed by atoms with van der Waals surface area (Å²) in [6.45, 7) is 0.371. The van der Waals surface area contributed by atoms with Gasteiger partial charge in [-0.05, 0) is 52.4 Å². The third-order valence-electron chi connectivity index (χ3n) is 5.91. The third kappa shape index (κ3) is 5.51. The lowest BCUT2D eigenvalue weighted by atomic mass is 9.90. The summed E-state index contributed by atoms with van der Waals surface area (Å²) in [5, 5.41) is 9.19. The van der Waals surface area contributed by atoms with Gasteiger partial charge in [0.05, 0.1) is 11.3 Å². The van der Waals surface area contributed by atoms with E-state index in [1.165, 1.54) is 35.2 Å². The second kappa shape index (κ2) is 9.87. The first-order valence-electron chi connectivity index (χ1n) is 10.9. The number of hydrogen-bond acceptors (Lipinski definition) is 5. The monoisotopic (exact) mass is 497 g/mol. The number of carbonyl (C=O) groups is 2. The number of rotatable bonds is 6. The summed E-state index contributed by atoms with van der Waals surface area (Å²) in [5.41, 5.74) is 2.84. The van der Waals surface area contributed by atoms with Crippen LogP contribution in [-0.4, -0.2) is 43.3 Å². The number of carbonyl (C=O) groups excluding carboxylic acids is 1. The largest absolute Gasteiger partial charge is 0.481 e. The van der Waals surface area contributed by atoms with Crippen LogP contribution in [0.5, 0.6) is 0 Å². The predicted octanol–water partition coefficient (Wildman–Crippen LogP) is 4.22. The molecule has 0 fully saturated rings. The number of benzene rings is 3. The molecule has 0 saturated carbocycles. The molecule has 3 aromatic carbocycles. The van der Waals surface area contributed by atoms with Crippen LogP contribution in [0.4, 0.5) is 9.18 Å². The molecule has 0 spiro atoms. The fourth-order valence-electron chi connectivity index (χ4n) is 4.25. The van der Waals surface area contributed by atoms with Gasteiger partial charge in [0.1, 0.15) is 12.4 Å². The first-order valence-corrected chi connectivity index (χ1v) is 12.8. The highest BCUT2D eigenvalue weighted by Gasteiger charge is 2.28. The zero-order valence-corrected chi connectivity index (χ0v) is 19.8. The molecule has 0 aliphatic carbocycles. The molecule has 9 heteroatoms. The van der Waals surface area contributed by atoms with Crippen molar-refractivity contribution in [2.75, 3.05) is 12.8 Å². The van der Waals surface area contributed by atoms with Crippen molar-refractivity contribution in [3.8, 4) is 11.1 Å². The molecule has 0 aromatic heterocycles. The Morgan fingerprint density at radius 2 is 1.74 bits per heavy atom. The van der Waals surface area contributed by atoms with Gasteiger partial charge in [0.15, 0.2) is 9.84 Å². The Hall–Kier alpha value is -3.72. The summed E-state index contributed by atoms with van der Waals surface area (Å²) in [7, 11) is -3.68. The number of carboxylic acids is 1. The quantitative estimate of drug-likeness (QED) is 0.547. The standard InChI is InChI=1S/C26H24FNO6S/c1-35(32,33)24-10-7-18(14-25(29)30)13-21(24)19-8-9-23(27)20-11-12-28(15-22(19)20)26(31)34-16-17-5-3-2-4-6-17/h2-10,13H,11-12,14-16H2,1H3,(H,29,30). The summed E-state index contributed by atoms with van der Waals surface area (Å²) >= 11 is 0. The van der Waals surface area contributed by atoms with Crippen molar-refractivity contribution >= 4 is 21.9 Å². The van der Waals surface area contributed by atoms with E-state index in [9.17, 15) is 27.5 Å². The van der Waals surface area contributed by atoms with E-state index in [1.807, 2.05) is 30.3 Å². The number of carboxylic acid groups (broad SMARTS) is 1. The number of amides is 1. The lowest BCUT2D eigenvalue weighted by Gasteiger charge is -2.30. The van der Waals surface area contributed by atoms with Gasteiger partial charge in [0.2, 0.25) is 0 Å². The maximum absolute atomic E-state index is 14.7. The molecule has 35 heavy (non-hydrogen) atoms. The Morgan fingerprint density at radius 1 is 1.00 bits per heavy atom. The summed E-state index contributed by atoms with van der Waals surface area (Å²) < 4.78 is 45.2. The van der Waals surface area contributed by atoms with Crippen LogP contribution >= 0.6 is 0 Å². The Balaban J connectivity index is 1.71. The molecule has 0 atom stereocenters. The maximum atomic E-state index is 14.7. The van der Waals surface area contributed by atoms with E-state index in [0.717, 1.165) is 11.8 Å². The third-order valence-corrected chi connectivity index (χ3v) is 7.06. The van der Waals surface area contributed by atoms with Crippen LogP contribution in [0, 0.1) is 5.82 Å². The molecule has 3 aromatic rings. The molecule has 1 aliphatic heterocycles. The van der Waals surface area contributed by atoms with Gasteiger partial charge in [0.25, 0.3) is 0 Å². The first-order chi connectivity index (χ1) is 16.6. The van der Waals surface area contributed by atoms with Crippen molar-refractivity contribution < 1.29 is 32.2 Å². The molecule has 1 heterocycles. The van der Waals surface area contributed by atoms with E-state index in [4.69, 9.17) is 4.74 Å². The van der Waals surface area contributed by atoms with Crippen molar-refractivity contribution in [2.24, 2.45) is 0 Å². The SMILES string of the molecule is CS(=O)(=O)c1ccc(CC(=O)O)cc1-c1ccc(F)c2c1CN(C(=O)OCc1ccccc1)CC2. The maximum Gasteiger partial charge on any atom is 0.410 e. The Morgan fingerprint density at radius 3 is 2.43 bits per heavy atom. The van der Waals surface area contributed by atoms with E-state index < -0.39 is 27.7 Å². The smallest absolute Gasteiger partial charge is 0.410 e. The first kappa shape index (κ1) is 24.4. The molecule has 0 saturated heterocycles. The minimum atomic E-state index is -3.68. The Bertz CT molecular complexity index is 1390. The molecular weight excluding hydrogens is 473 g/mol. The fraction of sp³-hybridized carbons (Fsp3) is 0.231. The molecule has 182 valence electrons. The lowest BCUT2D eigenvalue weighted by Crippen LogP contribution is -2.37. The van der Waals surface area contributed by atoms with Gasteiger partial charge in [-0.25, -0.2) is 17.6 Å². The summed E-state index contributed by atoms with van der Waals surface area (Å²) in [4.78, 5) is 25.5. The zero-order valence-electron chi connectivity index (χ0n) is 19.0. The highest BCUT2D eigenvalue weighted by molar-refractivity contribution is 7.90. The average Bonchev–Trinajstić information content (AvgIpc) is 2.82. The van der Waals surface area contributed by atoms with Gasteiger partial charge in [0, 0.05) is 24.9 Å². The van der Waals surface area contributed by atoms with E-state index in [2.05, 4.69) is 0 Å². The molecule has 0 unspecified atom stereocenters. The Labute approximate surface area is 202 Å². The van der Waals surface area contributed by atoms with Gasteiger partial charge < -0.3 is 14.7 Å². The molecular formula is C26H24FNO6S. The van der Waals surface area contributed by atoms with Crippen molar-refractivity contribution in [3.63, 3.8) is 0 Å². The summed E-state index contributed by atoms with van der Waals surface area (Å²) in [6, 6.07) is 16.3. The van der Waals surface area contributed by atoms with Gasteiger partial charge in [-0.2, -0.15) is 0 Å². The normalized spacial score (nSPS) is 13.3. The van der Waals surface area contributed by atoms with E-state index in [0.29, 0.717) is 22.3 Å². The van der Waals surface area contributed by atoms with Crippen molar-refractivity contribution in [2.45, 2.75) is 30.9 Å². The molecule has 1 amide bonds. The number of ether oxygens (including phenoxy) is 1. The van der Waals surface area contributed by atoms with E-state index >= 15 is 0 Å². The zero-order chi connectivity index (χ0) is 25.2. The van der Waals surface area contributed by atoms with Crippen LogP contribution < -0.4 is 0 Å². The minimum Gasteiger partial charge on any atom is -0.481 e. The van der Waals surface area contributed by atoms with Crippen LogP contribution in [0.15, 0.2) is 65.6 Å². The van der Waals surface area contributed by atoms with Crippen molar-refractivity contribution in [1.82, 2.24) is 4.90 Å². The fourth-order valence-corrected chi connectivity index (χ4v) is 5.13. The molecule has 7 nitrogen and oxygen atoms in total. The molecule has 0 radical (unpaired) electrons. The molecule has 1 N–H and O–H groups in total. The van der Waals surface area contributed by atoms with E-state index in [-0.39, 0.29) is 43.0 Å². The summed E-state index contributed by atoms with van der Waals surface area (Å²) in [6.07, 6.45) is 0.445. The van der Waals surface area contributed by atoms with Crippen LogP contribution in [0.1, 0.15) is 22.3 Å². The van der Waals surface area contributed by atoms with Crippen LogP contribution in [0.3, 0.4) is 0 Å². The molecule has 1 aliphatic rings. The van der Waals surface area contributed by atoms with Crippen LogP contribution in [-0.2, 0) is 45.4 Å². The minimum absolute atomic E-state index is 0.00391. The number of nitrogens with zero attached hydrogens (tertiary/aromatic N) is 1. The van der Waals surface area contributed by atoms with Crippen LogP contribution in [0.2, 0.25) is 0 Å². The molecule has 0 bridgehead atoms. The topological polar surface area (TPSA) is 101 Å². The number of fused-ring (bicyclic) bond motifs is 1. The van der Waals surface area contributed by atoms with Crippen molar-refractivity contribution in [1.29, 1.82) is 0 Å². The van der Waals surface area contributed by atoms with Gasteiger partial charge in [-0.3, -0.25) is 4.79 Å². The van der Waals surface area contributed by atoms with Gasteiger partial charge in [-0.15, -0.1) is 0 Å². The highest BCUT2D eigenvalue weighted by Crippen LogP contribution is 2.36. The number of halogens is 1. The summed E-state index contributed by atoms with van der Waals surface area (Å²) in [5.74, 6) is -1.50. The predicted molar refractivity (Wildman–Crippen MR) is 127 cm³/mol. The number of sulfone groups is 1. The second-order valence-electron chi connectivity index (χ2n) is 8.44. The van der Waals surface area contributed by atoms with E-state index in [1.54, 1.807) is 0 Å². The lowest BCUT2D eigenvalue weighted by molar-refractivity contribution is -0.136. The molecule has 4 rings (SSSR count). The number of hydrogen-bond donors (Lipinski definition) is 1. The highest BCUT2D eigenvalue weighted by atomic mass is 32.2. The van der Waals surface area contributed by atoms with Crippen molar-refractivity contribution in [3.05, 3.63) is 88.7 Å². The van der Waals surface area contributed by atoms with Gasteiger partial charge in [-0.1, -0.05) is 42.5 Å². The van der Waals surface area contributed by atoms with Crippen LogP contribution in [0.25, 0.3) is 11.1 Å².